The normalized spacial score (nSPS) is 16.8. The molecule has 5 nitrogen and oxygen atoms in total. The van der Waals surface area contributed by atoms with Crippen LogP contribution in [0.25, 0.3) is 0 Å². The SMILES string of the molecule is NCCNc1nccc(NC2CCCCC2)n1. The first kappa shape index (κ1) is 12.1. The van der Waals surface area contributed by atoms with E-state index in [2.05, 4.69) is 20.6 Å². The summed E-state index contributed by atoms with van der Waals surface area (Å²) in [5, 5.41) is 6.56. The average molecular weight is 235 g/mol. The monoisotopic (exact) mass is 235 g/mol. The molecule has 17 heavy (non-hydrogen) atoms. The molecule has 1 fully saturated rings. The van der Waals surface area contributed by atoms with Gasteiger partial charge in [-0.3, -0.25) is 0 Å². The van der Waals surface area contributed by atoms with Crippen LogP contribution in [0.15, 0.2) is 12.3 Å². The highest BCUT2D eigenvalue weighted by atomic mass is 15.1. The molecule has 0 saturated heterocycles. The average Bonchev–Trinajstić information content (AvgIpc) is 2.38. The van der Waals surface area contributed by atoms with Crippen molar-refractivity contribution in [1.29, 1.82) is 0 Å². The number of aromatic nitrogens is 2. The zero-order chi connectivity index (χ0) is 11.9. The highest BCUT2D eigenvalue weighted by molar-refractivity contribution is 5.40. The van der Waals surface area contributed by atoms with E-state index in [1.807, 2.05) is 6.07 Å². The summed E-state index contributed by atoms with van der Waals surface area (Å²) in [7, 11) is 0. The summed E-state index contributed by atoms with van der Waals surface area (Å²) in [4.78, 5) is 8.57. The molecule has 5 heteroatoms. The molecule has 94 valence electrons. The van der Waals surface area contributed by atoms with Gasteiger partial charge in [0, 0.05) is 25.3 Å². The molecule has 0 amide bonds. The zero-order valence-corrected chi connectivity index (χ0v) is 10.2. The quantitative estimate of drug-likeness (QED) is 0.722. The van der Waals surface area contributed by atoms with Crippen molar-refractivity contribution in [3.63, 3.8) is 0 Å². The van der Waals surface area contributed by atoms with E-state index in [1.54, 1.807) is 6.20 Å². The van der Waals surface area contributed by atoms with Crippen LogP contribution in [0.2, 0.25) is 0 Å². The highest BCUT2D eigenvalue weighted by Gasteiger charge is 2.13. The lowest BCUT2D eigenvalue weighted by molar-refractivity contribution is 0.462. The van der Waals surface area contributed by atoms with Crippen molar-refractivity contribution in [2.45, 2.75) is 38.1 Å². The number of nitrogens with one attached hydrogen (secondary N) is 2. The van der Waals surface area contributed by atoms with E-state index >= 15 is 0 Å². The molecule has 1 aliphatic carbocycles. The molecular formula is C12H21N5. The summed E-state index contributed by atoms with van der Waals surface area (Å²) in [6.45, 7) is 1.29. The highest BCUT2D eigenvalue weighted by Crippen LogP contribution is 2.20. The maximum atomic E-state index is 5.43. The Morgan fingerprint density at radius 1 is 1.29 bits per heavy atom. The van der Waals surface area contributed by atoms with Crippen LogP contribution in [0.4, 0.5) is 11.8 Å². The first-order valence-corrected chi connectivity index (χ1v) is 6.42. The zero-order valence-electron chi connectivity index (χ0n) is 10.2. The molecule has 0 aromatic carbocycles. The second kappa shape index (κ2) is 6.39. The van der Waals surface area contributed by atoms with Gasteiger partial charge in [-0.25, -0.2) is 4.98 Å². The van der Waals surface area contributed by atoms with Crippen molar-refractivity contribution in [1.82, 2.24) is 9.97 Å². The van der Waals surface area contributed by atoms with Crippen molar-refractivity contribution in [2.75, 3.05) is 23.7 Å². The molecule has 2 rings (SSSR count). The third-order valence-electron chi connectivity index (χ3n) is 3.04. The van der Waals surface area contributed by atoms with E-state index in [4.69, 9.17) is 5.73 Å². The maximum Gasteiger partial charge on any atom is 0.224 e. The Balaban J connectivity index is 1.90. The minimum atomic E-state index is 0.570. The fourth-order valence-electron chi connectivity index (χ4n) is 2.16. The number of hydrogen-bond acceptors (Lipinski definition) is 5. The van der Waals surface area contributed by atoms with E-state index in [0.717, 1.165) is 5.82 Å². The third-order valence-corrected chi connectivity index (χ3v) is 3.04. The minimum absolute atomic E-state index is 0.570. The minimum Gasteiger partial charge on any atom is -0.367 e. The van der Waals surface area contributed by atoms with Gasteiger partial charge in [0.15, 0.2) is 0 Å². The van der Waals surface area contributed by atoms with Crippen molar-refractivity contribution in [3.05, 3.63) is 12.3 Å². The summed E-state index contributed by atoms with van der Waals surface area (Å²) in [5.41, 5.74) is 5.43. The molecule has 0 bridgehead atoms. The molecule has 0 atom stereocenters. The van der Waals surface area contributed by atoms with Crippen LogP contribution in [-0.2, 0) is 0 Å². The van der Waals surface area contributed by atoms with Gasteiger partial charge in [0.1, 0.15) is 5.82 Å². The maximum absolute atomic E-state index is 5.43. The van der Waals surface area contributed by atoms with Gasteiger partial charge in [-0.1, -0.05) is 19.3 Å². The summed E-state index contributed by atoms with van der Waals surface area (Å²) in [6.07, 6.45) is 8.27. The standard InChI is InChI=1S/C12H21N5/c13-7-9-15-12-14-8-6-11(17-12)16-10-4-2-1-3-5-10/h6,8,10H,1-5,7,9,13H2,(H2,14,15,16,17). The fraction of sp³-hybridized carbons (Fsp3) is 0.667. The molecule has 0 aliphatic heterocycles. The second-order valence-electron chi connectivity index (χ2n) is 4.46. The smallest absolute Gasteiger partial charge is 0.224 e. The molecule has 1 aromatic rings. The predicted molar refractivity (Wildman–Crippen MR) is 70.1 cm³/mol. The number of hydrogen-bond donors (Lipinski definition) is 3. The van der Waals surface area contributed by atoms with Crippen LogP contribution in [0, 0.1) is 0 Å². The Kier molecular flexibility index (Phi) is 4.55. The van der Waals surface area contributed by atoms with Gasteiger partial charge in [-0.2, -0.15) is 4.98 Å². The summed E-state index contributed by atoms with van der Waals surface area (Å²) < 4.78 is 0. The van der Waals surface area contributed by atoms with Crippen LogP contribution < -0.4 is 16.4 Å². The number of rotatable bonds is 5. The summed E-state index contributed by atoms with van der Waals surface area (Å²) >= 11 is 0. The Morgan fingerprint density at radius 2 is 2.12 bits per heavy atom. The number of nitrogens with zero attached hydrogens (tertiary/aromatic N) is 2. The molecular weight excluding hydrogens is 214 g/mol. The summed E-state index contributed by atoms with van der Waals surface area (Å²) in [5.74, 6) is 1.56. The predicted octanol–water partition coefficient (Wildman–Crippen LogP) is 1.59. The third kappa shape index (κ3) is 3.85. The molecule has 4 N–H and O–H groups in total. The number of nitrogens with two attached hydrogens (primary N) is 1. The van der Waals surface area contributed by atoms with Gasteiger partial charge < -0.3 is 16.4 Å². The molecule has 0 unspecified atom stereocenters. The molecule has 1 aromatic heterocycles. The van der Waals surface area contributed by atoms with Crippen molar-refractivity contribution >= 4 is 11.8 Å². The Hall–Kier alpha value is -1.36. The second-order valence-corrected chi connectivity index (χ2v) is 4.46. The first-order chi connectivity index (χ1) is 8.38. The molecule has 1 saturated carbocycles. The molecule has 1 heterocycles. The molecule has 1 aliphatic rings. The van der Waals surface area contributed by atoms with Gasteiger partial charge in [0.25, 0.3) is 0 Å². The Morgan fingerprint density at radius 3 is 2.88 bits per heavy atom. The van der Waals surface area contributed by atoms with Gasteiger partial charge in [0.05, 0.1) is 0 Å². The van der Waals surface area contributed by atoms with E-state index in [9.17, 15) is 0 Å². The largest absolute Gasteiger partial charge is 0.367 e. The van der Waals surface area contributed by atoms with E-state index < -0.39 is 0 Å². The lowest BCUT2D eigenvalue weighted by Gasteiger charge is -2.23. The van der Waals surface area contributed by atoms with Crippen molar-refractivity contribution in [3.8, 4) is 0 Å². The molecule has 0 radical (unpaired) electrons. The van der Waals surface area contributed by atoms with Crippen molar-refractivity contribution in [2.24, 2.45) is 5.73 Å². The van der Waals surface area contributed by atoms with Crippen LogP contribution in [-0.4, -0.2) is 29.1 Å². The van der Waals surface area contributed by atoms with Crippen molar-refractivity contribution < 1.29 is 0 Å². The van der Waals surface area contributed by atoms with Gasteiger partial charge in [-0.15, -0.1) is 0 Å². The molecule has 0 spiro atoms. The van der Waals surface area contributed by atoms with Gasteiger partial charge in [-0.05, 0) is 18.9 Å². The van der Waals surface area contributed by atoms with E-state index in [1.165, 1.54) is 32.1 Å². The Labute approximate surface area is 102 Å². The first-order valence-electron chi connectivity index (χ1n) is 6.42. The summed E-state index contributed by atoms with van der Waals surface area (Å²) in [6, 6.07) is 2.49. The lowest BCUT2D eigenvalue weighted by atomic mass is 9.95. The fourth-order valence-corrected chi connectivity index (χ4v) is 2.16. The number of anilines is 2. The van der Waals surface area contributed by atoms with Gasteiger partial charge >= 0.3 is 0 Å². The van der Waals surface area contributed by atoms with E-state index in [-0.39, 0.29) is 0 Å². The topological polar surface area (TPSA) is 75.9 Å². The van der Waals surface area contributed by atoms with E-state index in [0.29, 0.717) is 25.1 Å². The van der Waals surface area contributed by atoms with Crippen LogP contribution in [0.5, 0.6) is 0 Å². The Bertz CT molecular complexity index is 335. The lowest BCUT2D eigenvalue weighted by Crippen LogP contribution is -2.23. The van der Waals surface area contributed by atoms with Crippen LogP contribution in [0.1, 0.15) is 32.1 Å². The van der Waals surface area contributed by atoms with Crippen LogP contribution in [0.3, 0.4) is 0 Å². The van der Waals surface area contributed by atoms with Gasteiger partial charge in [0.2, 0.25) is 5.95 Å². The van der Waals surface area contributed by atoms with Crippen LogP contribution >= 0.6 is 0 Å².